The molecule has 0 aliphatic rings. The first-order valence-electron chi connectivity index (χ1n) is 3.53. The summed E-state index contributed by atoms with van der Waals surface area (Å²) in [4.78, 5) is 13.9. The molecule has 0 fully saturated rings. The number of aliphatic carboxylic acids is 1. The number of nitrogens with one attached hydrogen (secondary N) is 2. The summed E-state index contributed by atoms with van der Waals surface area (Å²) in [6.07, 6.45) is 1.10. The van der Waals surface area contributed by atoms with Crippen LogP contribution in [0.5, 0.6) is 0 Å². The maximum atomic E-state index is 11.3. The zero-order valence-electron chi connectivity index (χ0n) is 7.13. The summed E-state index contributed by atoms with van der Waals surface area (Å²) in [7, 11) is -3.97. The monoisotopic (exact) mass is 220 g/mol. The van der Waals surface area contributed by atoms with Crippen LogP contribution >= 0.6 is 0 Å². The fraction of sp³-hybridized carbons (Fsp3) is 0.400. The number of H-pyrrole nitrogens is 1. The summed E-state index contributed by atoms with van der Waals surface area (Å²) in [6.45, 7) is 1.06. The topological polar surface area (TPSA) is 125 Å². The Labute approximate surface area is 79.4 Å². The van der Waals surface area contributed by atoms with E-state index in [2.05, 4.69) is 15.2 Å². The highest BCUT2D eigenvalue weighted by molar-refractivity contribution is 7.94. The Bertz CT molecular complexity index is 411. The van der Waals surface area contributed by atoms with Gasteiger partial charge >= 0.3 is 5.97 Å². The summed E-state index contributed by atoms with van der Waals surface area (Å²) in [5, 5.41) is 12.6. The number of carboxylic acids is 1. The van der Waals surface area contributed by atoms with E-state index in [1.54, 1.807) is 0 Å². The summed E-state index contributed by atoms with van der Waals surface area (Å²) in [5.74, 6) is -1.55. The van der Waals surface area contributed by atoms with Crippen LogP contribution in [0.3, 0.4) is 0 Å². The number of hydrogen-bond donors (Lipinski definition) is 3. The number of carbonyl (C=O) groups is 1. The number of carboxylic acid groups (broad SMARTS) is 1. The highest BCUT2D eigenvalue weighted by Gasteiger charge is 2.28. The highest BCUT2D eigenvalue weighted by atomic mass is 32.2. The molecule has 9 heteroatoms. The molecule has 1 aromatic heterocycles. The average molecular weight is 220 g/mol. The summed E-state index contributed by atoms with van der Waals surface area (Å²) in [5.41, 5.74) is 0. The van der Waals surface area contributed by atoms with Crippen LogP contribution in [0.4, 0.5) is 5.95 Å². The van der Waals surface area contributed by atoms with Crippen LogP contribution in [0.1, 0.15) is 6.92 Å². The van der Waals surface area contributed by atoms with Gasteiger partial charge in [-0.1, -0.05) is 0 Å². The van der Waals surface area contributed by atoms with Crippen molar-refractivity contribution in [2.24, 2.45) is 0 Å². The first-order chi connectivity index (χ1) is 6.43. The van der Waals surface area contributed by atoms with E-state index in [9.17, 15) is 13.2 Å². The summed E-state index contributed by atoms with van der Waals surface area (Å²) in [6, 6.07) is 0. The molecular weight excluding hydrogens is 212 g/mol. The Morgan fingerprint density at radius 1 is 1.71 bits per heavy atom. The minimum atomic E-state index is -3.97. The SMILES string of the molecule is CC(C(=O)O)S(=O)(=O)Nc1ncn[nH]1. The van der Waals surface area contributed by atoms with Crippen molar-refractivity contribution in [2.45, 2.75) is 12.2 Å². The zero-order chi connectivity index (χ0) is 10.8. The van der Waals surface area contributed by atoms with Crippen molar-refractivity contribution in [3.63, 3.8) is 0 Å². The lowest BCUT2D eigenvalue weighted by atomic mass is 10.5. The number of anilines is 1. The van der Waals surface area contributed by atoms with Gasteiger partial charge in [0.05, 0.1) is 0 Å². The molecule has 1 aromatic rings. The first-order valence-corrected chi connectivity index (χ1v) is 5.08. The molecule has 1 unspecified atom stereocenters. The molecule has 0 bridgehead atoms. The minimum absolute atomic E-state index is 0.113. The zero-order valence-corrected chi connectivity index (χ0v) is 7.95. The van der Waals surface area contributed by atoms with Crippen molar-refractivity contribution in [1.82, 2.24) is 15.2 Å². The Morgan fingerprint density at radius 3 is 2.79 bits per heavy atom. The van der Waals surface area contributed by atoms with Crippen molar-refractivity contribution in [1.29, 1.82) is 0 Å². The maximum Gasteiger partial charge on any atom is 0.323 e. The van der Waals surface area contributed by atoms with Crippen LogP contribution in [0.2, 0.25) is 0 Å². The Hall–Kier alpha value is -1.64. The Kier molecular flexibility index (Phi) is 2.70. The van der Waals surface area contributed by atoms with Crippen LogP contribution in [-0.2, 0) is 14.8 Å². The number of rotatable bonds is 4. The lowest BCUT2D eigenvalue weighted by molar-refractivity contribution is -0.136. The van der Waals surface area contributed by atoms with Crippen molar-refractivity contribution in [2.75, 3.05) is 4.72 Å². The second-order valence-electron chi connectivity index (χ2n) is 2.46. The Morgan fingerprint density at radius 2 is 2.36 bits per heavy atom. The van der Waals surface area contributed by atoms with Crippen molar-refractivity contribution < 1.29 is 18.3 Å². The summed E-state index contributed by atoms with van der Waals surface area (Å²) < 4.78 is 24.5. The van der Waals surface area contributed by atoms with E-state index in [1.807, 2.05) is 4.72 Å². The van der Waals surface area contributed by atoms with E-state index < -0.39 is 21.2 Å². The molecule has 0 radical (unpaired) electrons. The molecule has 0 aromatic carbocycles. The van der Waals surface area contributed by atoms with Gasteiger partial charge in [-0.2, -0.15) is 10.1 Å². The molecule has 0 aliphatic carbocycles. The quantitative estimate of drug-likeness (QED) is 0.598. The van der Waals surface area contributed by atoms with Gasteiger partial charge in [0.15, 0.2) is 5.25 Å². The number of aromatic amines is 1. The lowest BCUT2D eigenvalue weighted by Gasteiger charge is -2.07. The number of nitrogens with zero attached hydrogens (tertiary/aromatic N) is 2. The van der Waals surface area contributed by atoms with Crippen LogP contribution < -0.4 is 4.72 Å². The van der Waals surface area contributed by atoms with E-state index in [-0.39, 0.29) is 5.95 Å². The van der Waals surface area contributed by atoms with Crippen molar-refractivity contribution in [3.8, 4) is 0 Å². The third-order valence-electron chi connectivity index (χ3n) is 1.47. The molecule has 0 amide bonds. The van der Waals surface area contributed by atoms with Crippen LogP contribution in [0, 0.1) is 0 Å². The van der Waals surface area contributed by atoms with Crippen molar-refractivity contribution >= 4 is 21.9 Å². The second kappa shape index (κ2) is 3.62. The van der Waals surface area contributed by atoms with Gasteiger partial charge in [-0.25, -0.2) is 13.5 Å². The van der Waals surface area contributed by atoms with Gasteiger partial charge in [0, 0.05) is 0 Å². The van der Waals surface area contributed by atoms with Gasteiger partial charge in [-0.05, 0) is 6.92 Å². The van der Waals surface area contributed by atoms with Gasteiger partial charge in [0.2, 0.25) is 16.0 Å². The molecule has 3 N–H and O–H groups in total. The first kappa shape index (κ1) is 10.4. The highest BCUT2D eigenvalue weighted by Crippen LogP contribution is 2.05. The van der Waals surface area contributed by atoms with E-state index in [4.69, 9.17) is 5.11 Å². The molecule has 0 aliphatic heterocycles. The minimum Gasteiger partial charge on any atom is -0.480 e. The third-order valence-corrected chi connectivity index (χ3v) is 3.08. The van der Waals surface area contributed by atoms with Gasteiger partial charge < -0.3 is 5.11 Å². The molecule has 0 saturated heterocycles. The van der Waals surface area contributed by atoms with Gasteiger partial charge in [-0.3, -0.25) is 9.52 Å². The molecule has 0 saturated carbocycles. The second-order valence-corrected chi connectivity index (χ2v) is 4.46. The molecule has 14 heavy (non-hydrogen) atoms. The standard InChI is InChI=1S/C5H8N4O4S/c1-3(4(10)11)14(12,13)9-5-6-2-7-8-5/h2-3H,1H3,(H,10,11)(H2,6,7,8,9). The number of sulfonamides is 1. The predicted molar refractivity (Wildman–Crippen MR) is 46.0 cm³/mol. The molecule has 1 heterocycles. The van der Waals surface area contributed by atoms with Crippen LogP contribution in [0.25, 0.3) is 0 Å². The fourth-order valence-electron chi connectivity index (χ4n) is 0.611. The van der Waals surface area contributed by atoms with E-state index in [0.29, 0.717) is 0 Å². The van der Waals surface area contributed by atoms with Crippen LogP contribution in [0.15, 0.2) is 6.33 Å². The molecule has 0 spiro atoms. The van der Waals surface area contributed by atoms with Crippen molar-refractivity contribution in [3.05, 3.63) is 6.33 Å². The lowest BCUT2D eigenvalue weighted by Crippen LogP contribution is -2.32. The normalized spacial score (nSPS) is 13.5. The number of aromatic nitrogens is 3. The fourth-order valence-corrected chi connectivity index (χ4v) is 1.42. The van der Waals surface area contributed by atoms with Gasteiger partial charge in [0.1, 0.15) is 6.33 Å². The molecule has 1 rings (SSSR count). The number of hydrogen-bond acceptors (Lipinski definition) is 5. The van der Waals surface area contributed by atoms with Gasteiger partial charge in [-0.15, -0.1) is 0 Å². The van der Waals surface area contributed by atoms with Gasteiger partial charge in [0.25, 0.3) is 0 Å². The maximum absolute atomic E-state index is 11.3. The molecule has 8 nitrogen and oxygen atoms in total. The third kappa shape index (κ3) is 2.19. The van der Waals surface area contributed by atoms with E-state index in [1.165, 1.54) is 0 Å². The average Bonchev–Trinajstić information content (AvgIpc) is 2.54. The Balaban J connectivity index is 2.83. The van der Waals surface area contributed by atoms with E-state index in [0.717, 1.165) is 13.3 Å². The molecule has 1 atom stereocenters. The largest absolute Gasteiger partial charge is 0.480 e. The smallest absolute Gasteiger partial charge is 0.323 e. The van der Waals surface area contributed by atoms with E-state index >= 15 is 0 Å². The predicted octanol–water partition coefficient (Wildman–Crippen LogP) is -0.980. The molecular formula is C5H8N4O4S. The molecule has 78 valence electrons. The summed E-state index contributed by atoms with van der Waals surface area (Å²) >= 11 is 0. The van der Waals surface area contributed by atoms with Crippen LogP contribution in [-0.4, -0.2) is 39.9 Å².